The van der Waals surface area contributed by atoms with Gasteiger partial charge in [0, 0.05) is 44.2 Å². The zero-order valence-corrected chi connectivity index (χ0v) is 20.6. The third-order valence-electron chi connectivity index (χ3n) is 7.38. The molecule has 5 nitrogen and oxygen atoms in total. The molecule has 8 rings (SSSR count). The Morgan fingerprint density at radius 2 is 1.24 bits per heavy atom. The lowest BCUT2D eigenvalue weighted by atomic mass is 10.1. The predicted molar refractivity (Wildman–Crippen MR) is 152 cm³/mol. The summed E-state index contributed by atoms with van der Waals surface area (Å²) in [4.78, 5) is 0. The Morgan fingerprint density at radius 1 is 0.579 bits per heavy atom. The van der Waals surface area contributed by atoms with Crippen LogP contribution >= 0.6 is 0 Å². The number of rotatable bonds is 4. The molecule has 0 aliphatic carbocycles. The summed E-state index contributed by atoms with van der Waals surface area (Å²) >= 11 is 0. The number of benzene rings is 5. The zero-order chi connectivity index (χ0) is 25.1. The highest BCUT2D eigenvalue weighted by molar-refractivity contribution is 6.10. The second-order valence-electron chi connectivity index (χ2n) is 9.68. The van der Waals surface area contributed by atoms with E-state index in [1.54, 1.807) is 0 Å². The van der Waals surface area contributed by atoms with Crippen LogP contribution in [0.15, 0.2) is 114 Å². The van der Waals surface area contributed by atoms with Gasteiger partial charge < -0.3 is 23.8 Å². The van der Waals surface area contributed by atoms with E-state index in [1.165, 1.54) is 16.3 Å². The molecule has 7 aromatic rings. The van der Waals surface area contributed by atoms with Crippen LogP contribution in [0.25, 0.3) is 49.4 Å². The SMILES string of the molecule is c1ccc2c(c1)oc1ccc(Nc3ccc4c(c3)c3ccccc3n4-c3ccc(C4OCCO4)cc3)cc12. The maximum Gasteiger partial charge on any atom is 0.184 e. The van der Waals surface area contributed by atoms with Crippen molar-refractivity contribution < 1.29 is 13.9 Å². The number of ether oxygens (including phenoxy) is 2. The first kappa shape index (κ1) is 21.5. The molecule has 0 amide bonds. The second-order valence-corrected chi connectivity index (χ2v) is 9.68. The van der Waals surface area contributed by atoms with Gasteiger partial charge in [-0.1, -0.05) is 48.5 Å². The van der Waals surface area contributed by atoms with Gasteiger partial charge in [-0.3, -0.25) is 0 Å². The van der Waals surface area contributed by atoms with Crippen molar-refractivity contribution in [1.29, 1.82) is 0 Å². The Balaban J connectivity index is 1.20. The van der Waals surface area contributed by atoms with Gasteiger partial charge in [0.2, 0.25) is 0 Å². The Morgan fingerprint density at radius 3 is 2.08 bits per heavy atom. The van der Waals surface area contributed by atoms with E-state index >= 15 is 0 Å². The quantitative estimate of drug-likeness (QED) is 0.265. The first-order chi connectivity index (χ1) is 18.8. The largest absolute Gasteiger partial charge is 0.456 e. The highest BCUT2D eigenvalue weighted by Crippen LogP contribution is 2.36. The van der Waals surface area contributed by atoms with Gasteiger partial charge in [0.25, 0.3) is 0 Å². The standard InChI is InChI=1S/C33H24N2O3/c1-3-7-29-25(5-1)27-19-22(34-23-12-16-32-28(20-23)26-6-2-4-8-31(26)38-32)11-15-30(27)35(29)24-13-9-21(10-14-24)33-36-17-18-37-33/h1-16,19-20,33-34H,17-18H2. The lowest BCUT2D eigenvalue weighted by Gasteiger charge is -2.12. The predicted octanol–water partition coefficient (Wildman–Crippen LogP) is 8.47. The lowest BCUT2D eigenvalue weighted by molar-refractivity contribution is -0.0441. The van der Waals surface area contributed by atoms with Gasteiger partial charge in [0.05, 0.1) is 24.2 Å². The van der Waals surface area contributed by atoms with Crippen LogP contribution in [0.2, 0.25) is 0 Å². The third-order valence-corrected chi connectivity index (χ3v) is 7.38. The molecule has 0 radical (unpaired) electrons. The van der Waals surface area contributed by atoms with Gasteiger partial charge in [-0.25, -0.2) is 0 Å². The summed E-state index contributed by atoms with van der Waals surface area (Å²) in [5.41, 5.74) is 8.35. The molecule has 1 aliphatic heterocycles. The van der Waals surface area contributed by atoms with E-state index in [-0.39, 0.29) is 6.29 Å². The van der Waals surface area contributed by atoms with Crippen molar-refractivity contribution in [2.45, 2.75) is 6.29 Å². The van der Waals surface area contributed by atoms with Crippen molar-refractivity contribution in [1.82, 2.24) is 4.57 Å². The van der Waals surface area contributed by atoms with Gasteiger partial charge in [0.1, 0.15) is 11.2 Å². The highest BCUT2D eigenvalue weighted by atomic mass is 16.7. The van der Waals surface area contributed by atoms with E-state index in [0.717, 1.165) is 50.1 Å². The van der Waals surface area contributed by atoms with Crippen molar-refractivity contribution >= 4 is 55.1 Å². The van der Waals surface area contributed by atoms with Crippen LogP contribution in [0, 0.1) is 0 Å². The van der Waals surface area contributed by atoms with Crippen molar-refractivity contribution in [2.75, 3.05) is 18.5 Å². The van der Waals surface area contributed by atoms with Gasteiger partial charge in [-0.2, -0.15) is 0 Å². The molecule has 5 heteroatoms. The molecule has 0 atom stereocenters. The van der Waals surface area contributed by atoms with Crippen molar-refractivity contribution in [2.24, 2.45) is 0 Å². The maximum absolute atomic E-state index is 6.00. The molecule has 1 N–H and O–H groups in total. The Labute approximate surface area is 218 Å². The number of aromatic nitrogens is 1. The molecular weight excluding hydrogens is 472 g/mol. The molecule has 0 spiro atoms. The molecule has 0 unspecified atom stereocenters. The minimum Gasteiger partial charge on any atom is -0.456 e. The summed E-state index contributed by atoms with van der Waals surface area (Å²) in [6, 6.07) is 38.0. The minimum atomic E-state index is -0.268. The summed E-state index contributed by atoms with van der Waals surface area (Å²) in [6.45, 7) is 1.28. The average molecular weight is 497 g/mol. The topological polar surface area (TPSA) is 48.6 Å². The molecule has 184 valence electrons. The van der Waals surface area contributed by atoms with Gasteiger partial charge in [-0.15, -0.1) is 0 Å². The second kappa shape index (κ2) is 8.48. The number of fused-ring (bicyclic) bond motifs is 6. The summed E-state index contributed by atoms with van der Waals surface area (Å²) in [6.07, 6.45) is -0.268. The molecule has 0 saturated carbocycles. The van der Waals surface area contributed by atoms with Crippen LogP contribution in [0.4, 0.5) is 11.4 Å². The van der Waals surface area contributed by atoms with Crippen LogP contribution in [-0.4, -0.2) is 17.8 Å². The summed E-state index contributed by atoms with van der Waals surface area (Å²) in [5, 5.41) is 8.27. The normalized spacial score (nSPS) is 14.3. The maximum atomic E-state index is 6.00. The molecule has 5 aromatic carbocycles. The number of nitrogens with zero attached hydrogens (tertiary/aromatic N) is 1. The van der Waals surface area contributed by atoms with E-state index in [9.17, 15) is 0 Å². The van der Waals surface area contributed by atoms with Crippen LogP contribution in [0.3, 0.4) is 0 Å². The van der Waals surface area contributed by atoms with Crippen LogP contribution in [-0.2, 0) is 9.47 Å². The molecule has 1 aliphatic rings. The number of hydrogen-bond donors (Lipinski definition) is 1. The Bertz CT molecular complexity index is 1960. The van der Waals surface area contributed by atoms with Crippen molar-refractivity contribution in [3.05, 3.63) is 115 Å². The summed E-state index contributed by atoms with van der Waals surface area (Å²) < 4.78 is 19.7. The molecule has 3 heterocycles. The van der Waals surface area contributed by atoms with Gasteiger partial charge >= 0.3 is 0 Å². The molecule has 1 fully saturated rings. The van der Waals surface area contributed by atoms with Crippen molar-refractivity contribution in [3.63, 3.8) is 0 Å². The van der Waals surface area contributed by atoms with Gasteiger partial charge in [0.15, 0.2) is 6.29 Å². The fraction of sp³-hybridized carbons (Fsp3) is 0.0909. The minimum absolute atomic E-state index is 0.268. The van der Waals surface area contributed by atoms with E-state index in [4.69, 9.17) is 13.9 Å². The van der Waals surface area contributed by atoms with E-state index < -0.39 is 0 Å². The van der Waals surface area contributed by atoms with Crippen LogP contribution in [0.1, 0.15) is 11.9 Å². The summed E-state index contributed by atoms with van der Waals surface area (Å²) in [5.74, 6) is 0. The first-order valence-corrected chi connectivity index (χ1v) is 12.9. The molecular formula is C33H24N2O3. The first-order valence-electron chi connectivity index (χ1n) is 12.9. The van der Waals surface area contributed by atoms with E-state index in [2.05, 4.69) is 94.8 Å². The van der Waals surface area contributed by atoms with Crippen LogP contribution in [0.5, 0.6) is 0 Å². The molecule has 1 saturated heterocycles. The third kappa shape index (κ3) is 3.40. The fourth-order valence-corrected chi connectivity index (χ4v) is 5.63. The monoisotopic (exact) mass is 496 g/mol. The average Bonchev–Trinajstić information content (AvgIpc) is 3.70. The van der Waals surface area contributed by atoms with E-state index in [1.807, 2.05) is 24.3 Å². The number of furan rings is 1. The number of hydrogen-bond acceptors (Lipinski definition) is 4. The molecule has 38 heavy (non-hydrogen) atoms. The molecule has 0 bridgehead atoms. The Kier molecular flexibility index (Phi) is 4.80. The fourth-order valence-electron chi connectivity index (χ4n) is 5.63. The summed E-state index contributed by atoms with van der Waals surface area (Å²) in [7, 11) is 0. The Hall–Kier alpha value is -4.58. The molecule has 2 aromatic heterocycles. The zero-order valence-electron chi connectivity index (χ0n) is 20.6. The van der Waals surface area contributed by atoms with Gasteiger partial charge in [-0.05, 0) is 60.7 Å². The highest BCUT2D eigenvalue weighted by Gasteiger charge is 2.19. The van der Waals surface area contributed by atoms with Crippen LogP contribution < -0.4 is 5.32 Å². The number of anilines is 2. The van der Waals surface area contributed by atoms with Crippen molar-refractivity contribution in [3.8, 4) is 5.69 Å². The lowest BCUT2D eigenvalue weighted by Crippen LogP contribution is -1.99. The van der Waals surface area contributed by atoms with E-state index in [0.29, 0.717) is 13.2 Å². The smallest absolute Gasteiger partial charge is 0.184 e. The number of para-hydroxylation sites is 2. The number of nitrogens with one attached hydrogen (secondary N) is 1.